The fourth-order valence-corrected chi connectivity index (χ4v) is 2.35. The molecule has 1 aliphatic rings. The van der Waals surface area contributed by atoms with Crippen molar-refractivity contribution in [3.05, 3.63) is 0 Å². The van der Waals surface area contributed by atoms with Gasteiger partial charge >= 0.3 is 12.1 Å². The molecule has 0 aliphatic carbocycles. The topological polar surface area (TPSA) is 76.1 Å². The van der Waals surface area contributed by atoms with Crippen LogP contribution in [0.5, 0.6) is 0 Å². The average molecular weight is 287 g/mol. The van der Waals surface area contributed by atoms with E-state index in [1.807, 2.05) is 6.92 Å². The standard InChI is InChI=1S/C14H25NO5/c1-6-9-8-15(13(18)20-14(3,4)5)11(16)10(9)12(17)19-7-2/h9-11,16H,6-8H2,1-5H3. The van der Waals surface area contributed by atoms with Crippen LogP contribution >= 0.6 is 0 Å². The van der Waals surface area contributed by atoms with Gasteiger partial charge in [0.2, 0.25) is 0 Å². The third-order valence-electron chi connectivity index (χ3n) is 3.29. The summed E-state index contributed by atoms with van der Waals surface area (Å²) >= 11 is 0. The van der Waals surface area contributed by atoms with Crippen molar-refractivity contribution in [2.45, 2.75) is 52.9 Å². The Morgan fingerprint density at radius 3 is 2.35 bits per heavy atom. The maximum Gasteiger partial charge on any atom is 0.412 e. The number of aliphatic hydroxyl groups is 1. The van der Waals surface area contributed by atoms with Crippen LogP contribution in [0.1, 0.15) is 41.0 Å². The first-order valence-electron chi connectivity index (χ1n) is 7.05. The van der Waals surface area contributed by atoms with Crippen LogP contribution in [0.15, 0.2) is 0 Å². The Morgan fingerprint density at radius 2 is 1.90 bits per heavy atom. The minimum absolute atomic E-state index is 0.114. The van der Waals surface area contributed by atoms with Crippen LogP contribution in [0.4, 0.5) is 4.79 Å². The predicted molar refractivity (Wildman–Crippen MR) is 72.9 cm³/mol. The molecule has 0 aromatic heterocycles. The maximum absolute atomic E-state index is 12.1. The van der Waals surface area contributed by atoms with E-state index in [2.05, 4.69) is 0 Å². The number of nitrogens with zero attached hydrogens (tertiary/aromatic N) is 1. The molecule has 1 fully saturated rings. The van der Waals surface area contributed by atoms with Crippen molar-refractivity contribution in [1.29, 1.82) is 0 Å². The molecule has 3 atom stereocenters. The smallest absolute Gasteiger partial charge is 0.412 e. The fourth-order valence-electron chi connectivity index (χ4n) is 2.35. The van der Waals surface area contributed by atoms with E-state index in [4.69, 9.17) is 9.47 Å². The third kappa shape index (κ3) is 3.85. The lowest BCUT2D eigenvalue weighted by atomic mass is 9.93. The van der Waals surface area contributed by atoms with E-state index in [0.717, 1.165) is 0 Å². The van der Waals surface area contributed by atoms with Gasteiger partial charge < -0.3 is 14.6 Å². The first-order chi connectivity index (χ1) is 9.21. The van der Waals surface area contributed by atoms with Crippen LogP contribution in [0, 0.1) is 11.8 Å². The van der Waals surface area contributed by atoms with Gasteiger partial charge in [-0.2, -0.15) is 0 Å². The summed E-state index contributed by atoms with van der Waals surface area (Å²) in [7, 11) is 0. The van der Waals surface area contributed by atoms with Crippen molar-refractivity contribution in [2.24, 2.45) is 11.8 Å². The summed E-state index contributed by atoms with van der Waals surface area (Å²) < 4.78 is 10.2. The summed E-state index contributed by atoms with van der Waals surface area (Å²) in [6, 6.07) is 0. The molecule has 1 amide bonds. The molecule has 0 radical (unpaired) electrons. The zero-order chi connectivity index (χ0) is 15.5. The van der Waals surface area contributed by atoms with Crippen LogP contribution in [0.3, 0.4) is 0 Å². The molecule has 20 heavy (non-hydrogen) atoms. The van der Waals surface area contributed by atoms with Crippen molar-refractivity contribution in [2.75, 3.05) is 13.2 Å². The van der Waals surface area contributed by atoms with Crippen LogP contribution in [0.2, 0.25) is 0 Å². The number of esters is 1. The van der Waals surface area contributed by atoms with Gasteiger partial charge in [0.25, 0.3) is 0 Å². The Bertz CT molecular complexity index is 363. The van der Waals surface area contributed by atoms with E-state index in [-0.39, 0.29) is 12.5 Å². The number of aliphatic hydroxyl groups excluding tert-OH is 1. The zero-order valence-electron chi connectivity index (χ0n) is 12.9. The molecule has 0 aromatic rings. The summed E-state index contributed by atoms with van der Waals surface area (Å²) in [4.78, 5) is 25.2. The van der Waals surface area contributed by atoms with E-state index >= 15 is 0 Å². The number of rotatable bonds is 3. The van der Waals surface area contributed by atoms with Gasteiger partial charge in [-0.15, -0.1) is 0 Å². The van der Waals surface area contributed by atoms with Gasteiger partial charge in [0, 0.05) is 6.54 Å². The molecule has 0 bridgehead atoms. The Hall–Kier alpha value is -1.30. The molecular formula is C14H25NO5. The summed E-state index contributed by atoms with van der Waals surface area (Å²) in [6.07, 6.45) is -1.11. The summed E-state index contributed by atoms with van der Waals surface area (Å²) in [5, 5.41) is 10.2. The van der Waals surface area contributed by atoms with Gasteiger partial charge in [0.05, 0.1) is 6.61 Å². The molecule has 116 valence electrons. The highest BCUT2D eigenvalue weighted by Gasteiger charge is 2.48. The quantitative estimate of drug-likeness (QED) is 0.800. The van der Waals surface area contributed by atoms with Crippen LogP contribution < -0.4 is 0 Å². The van der Waals surface area contributed by atoms with Crippen LogP contribution in [-0.2, 0) is 14.3 Å². The van der Waals surface area contributed by atoms with Crippen molar-refractivity contribution in [1.82, 2.24) is 4.90 Å². The van der Waals surface area contributed by atoms with Crippen LogP contribution in [0.25, 0.3) is 0 Å². The summed E-state index contributed by atoms with van der Waals surface area (Å²) in [6.45, 7) is 9.46. The minimum atomic E-state index is -1.19. The first kappa shape index (κ1) is 16.8. The largest absolute Gasteiger partial charge is 0.466 e. The van der Waals surface area contributed by atoms with Crippen molar-refractivity contribution in [3.8, 4) is 0 Å². The summed E-state index contributed by atoms with van der Waals surface area (Å²) in [5.74, 6) is -1.28. The lowest BCUT2D eigenvalue weighted by Crippen LogP contribution is -2.42. The first-order valence-corrected chi connectivity index (χ1v) is 7.05. The second-order valence-electron chi connectivity index (χ2n) is 5.99. The Labute approximate surface area is 120 Å². The molecule has 1 saturated heterocycles. The van der Waals surface area contributed by atoms with Gasteiger partial charge in [0.1, 0.15) is 17.7 Å². The number of amides is 1. The molecule has 0 spiro atoms. The Morgan fingerprint density at radius 1 is 1.30 bits per heavy atom. The molecule has 6 heteroatoms. The number of carbonyl (C=O) groups is 2. The van der Waals surface area contributed by atoms with E-state index in [9.17, 15) is 14.7 Å². The number of hydrogen-bond donors (Lipinski definition) is 1. The number of carbonyl (C=O) groups excluding carboxylic acids is 2. The predicted octanol–water partition coefficient (Wildman–Crippen LogP) is 1.76. The molecular weight excluding hydrogens is 262 g/mol. The van der Waals surface area contributed by atoms with E-state index in [1.165, 1.54) is 4.90 Å². The monoisotopic (exact) mass is 287 g/mol. The lowest BCUT2D eigenvalue weighted by molar-refractivity contribution is -0.154. The van der Waals surface area contributed by atoms with Gasteiger partial charge in [-0.1, -0.05) is 13.3 Å². The highest BCUT2D eigenvalue weighted by molar-refractivity contribution is 5.76. The number of ether oxygens (including phenoxy) is 2. The molecule has 0 saturated carbocycles. The normalized spacial score (nSPS) is 26.5. The van der Waals surface area contributed by atoms with E-state index in [1.54, 1.807) is 27.7 Å². The molecule has 6 nitrogen and oxygen atoms in total. The maximum atomic E-state index is 12.1. The molecule has 0 aromatic carbocycles. The third-order valence-corrected chi connectivity index (χ3v) is 3.29. The highest BCUT2D eigenvalue weighted by atomic mass is 16.6. The molecule has 3 unspecified atom stereocenters. The second-order valence-corrected chi connectivity index (χ2v) is 5.99. The molecule has 1 rings (SSSR count). The fraction of sp³-hybridized carbons (Fsp3) is 0.857. The minimum Gasteiger partial charge on any atom is -0.466 e. The van der Waals surface area contributed by atoms with Crippen molar-refractivity contribution in [3.63, 3.8) is 0 Å². The molecule has 1 N–H and O–H groups in total. The Balaban J connectivity index is 2.82. The van der Waals surface area contributed by atoms with Gasteiger partial charge in [-0.3, -0.25) is 9.69 Å². The van der Waals surface area contributed by atoms with E-state index in [0.29, 0.717) is 13.0 Å². The lowest BCUT2D eigenvalue weighted by Gasteiger charge is -2.27. The zero-order valence-corrected chi connectivity index (χ0v) is 12.9. The van der Waals surface area contributed by atoms with Crippen molar-refractivity contribution < 1.29 is 24.2 Å². The van der Waals surface area contributed by atoms with Gasteiger partial charge in [0.15, 0.2) is 0 Å². The Kier molecular flexibility index (Phi) is 5.39. The number of likely N-dealkylation sites (tertiary alicyclic amines) is 1. The summed E-state index contributed by atoms with van der Waals surface area (Å²) in [5.41, 5.74) is -0.638. The van der Waals surface area contributed by atoms with Gasteiger partial charge in [-0.05, 0) is 33.6 Å². The van der Waals surface area contributed by atoms with Crippen molar-refractivity contribution >= 4 is 12.1 Å². The van der Waals surface area contributed by atoms with E-state index < -0.39 is 29.8 Å². The number of hydrogen-bond acceptors (Lipinski definition) is 5. The second kappa shape index (κ2) is 6.43. The molecule has 1 aliphatic heterocycles. The van der Waals surface area contributed by atoms with Crippen LogP contribution in [-0.4, -0.2) is 47.0 Å². The average Bonchev–Trinajstić information content (AvgIpc) is 2.64. The molecule has 1 heterocycles. The SMILES string of the molecule is CCOC(=O)C1C(CC)CN(C(=O)OC(C)(C)C)C1O. The van der Waals surface area contributed by atoms with Gasteiger partial charge in [-0.25, -0.2) is 4.79 Å². The highest BCUT2D eigenvalue weighted by Crippen LogP contribution is 2.32.